The van der Waals surface area contributed by atoms with Gasteiger partial charge in [0.25, 0.3) is 0 Å². The highest BCUT2D eigenvalue weighted by atomic mass is 127. The Morgan fingerprint density at radius 2 is 2.38 bits per heavy atom. The minimum Gasteiger partial charge on any atom is -0.309 e. The second kappa shape index (κ2) is 4.96. The second-order valence-corrected chi connectivity index (χ2v) is 1.76. The number of allylic oxidation sites excluding steroid dienone is 2. The molecule has 44 valence electrons. The van der Waals surface area contributed by atoms with Crippen LogP contribution in [-0.4, -0.2) is 10.4 Å². The average Bonchev–Trinajstić information content (AvgIpc) is 1.68. The zero-order valence-corrected chi connectivity index (χ0v) is 6.71. The third kappa shape index (κ3) is 3.98. The Morgan fingerprint density at radius 1 is 1.75 bits per heavy atom. The van der Waals surface area contributed by atoms with Crippen LogP contribution in [0.5, 0.6) is 0 Å². The van der Waals surface area contributed by atoms with E-state index >= 15 is 0 Å². The average molecular weight is 222 g/mol. The van der Waals surface area contributed by atoms with Gasteiger partial charge in [-0.1, -0.05) is 0 Å². The van der Waals surface area contributed by atoms with Gasteiger partial charge in [-0.25, -0.2) is 0 Å². The Labute approximate surface area is 62.4 Å². The highest BCUT2D eigenvalue weighted by Crippen LogP contribution is 1.91. The van der Waals surface area contributed by atoms with Crippen molar-refractivity contribution in [3.05, 3.63) is 11.8 Å². The molecule has 0 aromatic carbocycles. The van der Waals surface area contributed by atoms with E-state index in [0.29, 0.717) is 0 Å². The van der Waals surface area contributed by atoms with Crippen LogP contribution in [0.15, 0.2) is 16.8 Å². The first-order chi connectivity index (χ1) is 3.81. The van der Waals surface area contributed by atoms with Gasteiger partial charge in [0.2, 0.25) is 0 Å². The lowest BCUT2D eigenvalue weighted by Gasteiger charge is -1.81. The Bertz CT molecular complexity index is 126. The van der Waals surface area contributed by atoms with Gasteiger partial charge in [0.1, 0.15) is 0 Å². The van der Waals surface area contributed by atoms with E-state index in [-0.39, 0.29) is 0 Å². The lowest BCUT2D eigenvalue weighted by atomic mass is 10.5. The first-order valence-corrected chi connectivity index (χ1v) is 3.36. The van der Waals surface area contributed by atoms with Crippen LogP contribution in [0.1, 0.15) is 6.92 Å². The Balaban J connectivity index is 3.79. The first-order valence-electron chi connectivity index (χ1n) is 2.11. The summed E-state index contributed by atoms with van der Waals surface area (Å²) in [6.45, 7) is 1.85. The molecular weight excluding hydrogens is 215 g/mol. The molecule has 0 fully saturated rings. The van der Waals surface area contributed by atoms with Crippen molar-refractivity contribution < 1.29 is 0 Å². The maximum Gasteiger partial charge on any atom is 0.0654 e. The summed E-state index contributed by atoms with van der Waals surface area (Å²) in [5.41, 5.74) is 0.856. The summed E-state index contributed by atoms with van der Waals surface area (Å²) in [5.74, 6) is 0. The van der Waals surface area contributed by atoms with Crippen molar-refractivity contribution in [3.63, 3.8) is 0 Å². The summed E-state index contributed by atoms with van der Waals surface area (Å²) >= 11 is 2.03. The van der Waals surface area contributed by atoms with E-state index in [9.17, 15) is 0 Å². The van der Waals surface area contributed by atoms with Gasteiger partial charge >= 0.3 is 0 Å². The lowest BCUT2D eigenvalue weighted by molar-refractivity contribution is 1.33. The quantitative estimate of drug-likeness (QED) is 0.548. The molecule has 0 unspecified atom stereocenters. The molecule has 0 radical (unpaired) electrons. The van der Waals surface area contributed by atoms with E-state index in [2.05, 4.69) is 4.99 Å². The fourth-order valence-electron chi connectivity index (χ4n) is 0.241. The van der Waals surface area contributed by atoms with Crippen LogP contribution in [0, 0.1) is 5.41 Å². The summed E-state index contributed by atoms with van der Waals surface area (Å²) in [5, 5.41) is 6.63. The summed E-state index contributed by atoms with van der Waals surface area (Å²) in [7, 11) is 0. The van der Waals surface area contributed by atoms with Gasteiger partial charge in [-0.2, -0.15) is 0 Å². The SMILES string of the molecule is C/C(=C/C=N)N=CI. The molecule has 0 spiro atoms. The van der Waals surface area contributed by atoms with Gasteiger partial charge in [-0.15, -0.1) is 0 Å². The van der Waals surface area contributed by atoms with Gasteiger partial charge in [0.15, 0.2) is 0 Å². The zero-order chi connectivity index (χ0) is 6.41. The van der Waals surface area contributed by atoms with E-state index < -0.39 is 0 Å². The van der Waals surface area contributed by atoms with Crippen molar-refractivity contribution in [2.24, 2.45) is 4.99 Å². The minimum atomic E-state index is 0.856. The Kier molecular flexibility index (Phi) is 4.84. The summed E-state index contributed by atoms with van der Waals surface area (Å²) in [6.07, 6.45) is 2.86. The maximum atomic E-state index is 6.63. The molecule has 0 aliphatic heterocycles. The number of hydrogen-bond donors (Lipinski definition) is 1. The van der Waals surface area contributed by atoms with Gasteiger partial charge in [0, 0.05) is 11.9 Å². The molecule has 0 rings (SSSR count). The largest absolute Gasteiger partial charge is 0.309 e. The fraction of sp³-hybridized carbons (Fsp3) is 0.200. The zero-order valence-electron chi connectivity index (χ0n) is 4.56. The molecule has 0 aliphatic rings. The van der Waals surface area contributed by atoms with E-state index in [4.69, 9.17) is 5.41 Å². The van der Waals surface area contributed by atoms with E-state index in [1.165, 1.54) is 6.21 Å². The van der Waals surface area contributed by atoms with Gasteiger partial charge in [-0.3, -0.25) is 4.99 Å². The van der Waals surface area contributed by atoms with Crippen LogP contribution in [0.3, 0.4) is 0 Å². The molecule has 0 saturated heterocycles. The second-order valence-electron chi connectivity index (χ2n) is 1.20. The molecule has 0 heterocycles. The van der Waals surface area contributed by atoms with Crippen molar-refractivity contribution in [2.75, 3.05) is 0 Å². The van der Waals surface area contributed by atoms with E-state index in [1.807, 2.05) is 29.5 Å². The molecule has 0 aromatic rings. The molecule has 1 N–H and O–H groups in total. The highest BCUT2D eigenvalue weighted by molar-refractivity contribution is 14.1. The standard InChI is InChI=1S/C5H7IN2/c1-5(2-3-7)8-4-6/h2-4,7H,1H3/b5-2-,7-3?,8-4?. The van der Waals surface area contributed by atoms with Crippen LogP contribution in [0.25, 0.3) is 0 Å². The monoisotopic (exact) mass is 222 g/mol. The molecule has 0 atom stereocenters. The number of rotatable bonds is 2. The number of nitrogens with one attached hydrogen (secondary N) is 1. The first kappa shape index (κ1) is 7.81. The van der Waals surface area contributed by atoms with Crippen molar-refractivity contribution in [3.8, 4) is 0 Å². The third-order valence-corrected chi connectivity index (χ3v) is 0.855. The minimum absolute atomic E-state index is 0.856. The van der Waals surface area contributed by atoms with Crippen LogP contribution in [0.2, 0.25) is 0 Å². The Hall–Kier alpha value is -0.190. The van der Waals surface area contributed by atoms with Crippen molar-refractivity contribution in [1.29, 1.82) is 5.41 Å². The Morgan fingerprint density at radius 3 is 2.75 bits per heavy atom. The summed E-state index contributed by atoms with van der Waals surface area (Å²) in [4.78, 5) is 3.89. The van der Waals surface area contributed by atoms with Crippen LogP contribution >= 0.6 is 22.6 Å². The van der Waals surface area contributed by atoms with Crippen molar-refractivity contribution in [1.82, 2.24) is 0 Å². The van der Waals surface area contributed by atoms with E-state index in [1.54, 1.807) is 10.3 Å². The highest BCUT2D eigenvalue weighted by Gasteiger charge is 1.73. The number of hydrogen-bond acceptors (Lipinski definition) is 2. The fourth-order valence-corrected chi connectivity index (χ4v) is 0.680. The number of aliphatic imine (C=N–C) groups is 1. The van der Waals surface area contributed by atoms with E-state index in [0.717, 1.165) is 5.70 Å². The van der Waals surface area contributed by atoms with Gasteiger partial charge < -0.3 is 5.41 Å². The molecule has 0 aliphatic carbocycles. The third-order valence-electron chi connectivity index (χ3n) is 0.577. The molecule has 8 heavy (non-hydrogen) atoms. The normalized spacial score (nSPS) is 12.5. The predicted octanol–water partition coefficient (Wildman–Crippen LogP) is 2.00. The molecule has 3 heteroatoms. The molecule has 0 aromatic heterocycles. The number of halogens is 1. The van der Waals surface area contributed by atoms with Crippen molar-refractivity contribution in [2.45, 2.75) is 6.92 Å². The summed E-state index contributed by atoms with van der Waals surface area (Å²) in [6, 6.07) is 0. The lowest BCUT2D eigenvalue weighted by Crippen LogP contribution is -1.67. The molecule has 0 bridgehead atoms. The molecule has 0 amide bonds. The van der Waals surface area contributed by atoms with Crippen LogP contribution < -0.4 is 0 Å². The van der Waals surface area contributed by atoms with Gasteiger partial charge in [0.05, 0.1) is 4.22 Å². The van der Waals surface area contributed by atoms with Crippen LogP contribution in [0.4, 0.5) is 0 Å². The van der Waals surface area contributed by atoms with Crippen LogP contribution in [-0.2, 0) is 0 Å². The van der Waals surface area contributed by atoms with Crippen molar-refractivity contribution >= 4 is 33.0 Å². The number of nitrogens with zero attached hydrogens (tertiary/aromatic N) is 1. The maximum absolute atomic E-state index is 6.63. The van der Waals surface area contributed by atoms with Gasteiger partial charge in [-0.05, 0) is 35.6 Å². The predicted molar refractivity (Wildman–Crippen MR) is 45.1 cm³/mol. The topological polar surface area (TPSA) is 36.2 Å². The molecule has 2 nitrogen and oxygen atoms in total. The molecular formula is C5H7IN2. The smallest absolute Gasteiger partial charge is 0.0654 e. The summed E-state index contributed by atoms with van der Waals surface area (Å²) < 4.78 is 1.67. The molecule has 0 saturated carbocycles.